The Bertz CT molecular complexity index is 402. The average molecular weight is 236 g/mol. The lowest BCUT2D eigenvalue weighted by molar-refractivity contribution is 0.230. The number of ether oxygens (including phenoxy) is 2. The van der Waals surface area contributed by atoms with E-state index in [1.54, 1.807) is 20.2 Å². The molecule has 2 rings (SSSR count). The van der Waals surface area contributed by atoms with Crippen LogP contribution in [0.5, 0.6) is 5.75 Å². The number of rotatable bonds is 4. The van der Waals surface area contributed by atoms with Crippen molar-refractivity contribution in [3.63, 3.8) is 0 Å². The van der Waals surface area contributed by atoms with E-state index in [1.165, 1.54) is 4.90 Å². The van der Waals surface area contributed by atoms with E-state index in [-0.39, 0.29) is 12.1 Å². The number of carbonyl (C=O) groups is 1. The number of hydrogen-bond acceptors (Lipinski definition) is 3. The molecule has 1 aromatic rings. The maximum absolute atomic E-state index is 11.5. The number of hydrogen-bond donors (Lipinski definition) is 1. The van der Waals surface area contributed by atoms with Crippen molar-refractivity contribution in [3.05, 3.63) is 24.3 Å². The van der Waals surface area contributed by atoms with Crippen LogP contribution in [0.3, 0.4) is 0 Å². The highest BCUT2D eigenvalue weighted by molar-refractivity contribution is 5.89. The van der Waals surface area contributed by atoms with Gasteiger partial charge in [0, 0.05) is 25.8 Å². The molecule has 1 saturated heterocycles. The third-order valence-corrected chi connectivity index (χ3v) is 2.33. The van der Waals surface area contributed by atoms with Crippen molar-refractivity contribution in [1.29, 1.82) is 0 Å². The van der Waals surface area contributed by atoms with E-state index in [4.69, 9.17) is 9.47 Å². The predicted octanol–water partition coefficient (Wildman–Crippen LogP) is 1.56. The molecule has 0 saturated carbocycles. The lowest BCUT2D eigenvalue weighted by Gasteiger charge is -2.12. The fourth-order valence-electron chi connectivity index (χ4n) is 1.25. The summed E-state index contributed by atoms with van der Waals surface area (Å²) in [5.74, 6) is 0.733. The van der Waals surface area contributed by atoms with Crippen LogP contribution in [0.2, 0.25) is 0 Å². The van der Waals surface area contributed by atoms with Gasteiger partial charge in [0.15, 0.2) is 0 Å². The van der Waals surface area contributed by atoms with Crippen LogP contribution in [-0.4, -0.2) is 44.3 Å². The summed E-state index contributed by atoms with van der Waals surface area (Å²) in [4.78, 5) is 12.9. The summed E-state index contributed by atoms with van der Waals surface area (Å²) in [5, 5.41) is 2.76. The van der Waals surface area contributed by atoms with Crippen molar-refractivity contribution in [2.24, 2.45) is 0 Å². The number of urea groups is 1. The fourth-order valence-corrected chi connectivity index (χ4v) is 1.25. The second-order valence-electron chi connectivity index (χ2n) is 4.12. The van der Waals surface area contributed by atoms with Crippen molar-refractivity contribution >= 4 is 11.7 Å². The quantitative estimate of drug-likeness (QED) is 0.807. The van der Waals surface area contributed by atoms with E-state index in [1.807, 2.05) is 18.2 Å². The summed E-state index contributed by atoms with van der Waals surface area (Å²) in [6.45, 7) is 1.34. The largest absolute Gasteiger partial charge is 0.491 e. The van der Waals surface area contributed by atoms with Crippen LogP contribution in [0.1, 0.15) is 0 Å². The molecule has 5 heteroatoms. The van der Waals surface area contributed by atoms with Crippen LogP contribution in [-0.2, 0) is 4.74 Å². The van der Waals surface area contributed by atoms with Crippen LogP contribution in [0.25, 0.3) is 0 Å². The van der Waals surface area contributed by atoms with E-state index in [0.717, 1.165) is 18.0 Å². The normalized spacial score (nSPS) is 17.4. The molecule has 1 N–H and O–H groups in total. The molecule has 1 fully saturated rings. The number of nitrogens with zero attached hydrogens (tertiary/aromatic N) is 1. The predicted molar refractivity (Wildman–Crippen MR) is 64.4 cm³/mol. The number of carbonyl (C=O) groups excluding carboxylic acids is 1. The van der Waals surface area contributed by atoms with Gasteiger partial charge in [-0.25, -0.2) is 4.79 Å². The number of nitrogens with one attached hydrogen (secondary N) is 1. The zero-order valence-corrected chi connectivity index (χ0v) is 9.97. The van der Waals surface area contributed by atoms with Gasteiger partial charge < -0.3 is 19.7 Å². The smallest absolute Gasteiger partial charge is 0.321 e. The lowest BCUT2D eigenvalue weighted by Crippen LogP contribution is -2.27. The van der Waals surface area contributed by atoms with Gasteiger partial charge in [-0.15, -0.1) is 0 Å². The Kier molecular flexibility index (Phi) is 3.49. The van der Waals surface area contributed by atoms with Crippen molar-refractivity contribution in [1.82, 2.24) is 4.90 Å². The number of epoxide rings is 1. The molecule has 1 unspecified atom stereocenters. The van der Waals surface area contributed by atoms with Crippen molar-refractivity contribution in [2.45, 2.75) is 6.10 Å². The summed E-state index contributed by atoms with van der Waals surface area (Å²) < 4.78 is 10.6. The standard InChI is InChI=1S/C12H16N2O3/c1-14(2)12(15)13-9-4-3-5-10(6-9)16-7-11-8-17-11/h3-6,11H,7-8H2,1-2H3,(H,13,15). The molecule has 0 spiro atoms. The first-order chi connectivity index (χ1) is 8.15. The van der Waals surface area contributed by atoms with Crippen LogP contribution in [0.15, 0.2) is 24.3 Å². The highest BCUT2D eigenvalue weighted by Gasteiger charge is 2.23. The summed E-state index contributed by atoms with van der Waals surface area (Å²) in [6.07, 6.45) is 0.232. The molecule has 1 atom stereocenters. The van der Waals surface area contributed by atoms with Crippen molar-refractivity contribution < 1.29 is 14.3 Å². The van der Waals surface area contributed by atoms with Gasteiger partial charge in [-0.1, -0.05) is 6.07 Å². The minimum Gasteiger partial charge on any atom is -0.491 e. The molecule has 0 radical (unpaired) electrons. The molecule has 0 bridgehead atoms. The highest BCUT2D eigenvalue weighted by atomic mass is 16.6. The molecule has 1 aliphatic rings. The van der Waals surface area contributed by atoms with E-state index >= 15 is 0 Å². The minimum absolute atomic E-state index is 0.160. The fraction of sp³-hybridized carbons (Fsp3) is 0.417. The van der Waals surface area contributed by atoms with E-state index in [0.29, 0.717) is 6.61 Å². The van der Waals surface area contributed by atoms with E-state index in [9.17, 15) is 4.79 Å². The molecule has 2 amide bonds. The van der Waals surface area contributed by atoms with Gasteiger partial charge in [0.2, 0.25) is 0 Å². The molecular formula is C12H16N2O3. The third-order valence-electron chi connectivity index (χ3n) is 2.33. The molecule has 17 heavy (non-hydrogen) atoms. The summed E-state index contributed by atoms with van der Waals surface area (Å²) in [7, 11) is 3.39. The Morgan fingerprint density at radius 2 is 2.35 bits per heavy atom. The first kappa shape index (κ1) is 11.7. The molecule has 1 aromatic carbocycles. The van der Waals surface area contributed by atoms with Crippen LogP contribution >= 0.6 is 0 Å². The number of benzene rings is 1. The first-order valence-corrected chi connectivity index (χ1v) is 5.48. The summed E-state index contributed by atoms with van der Waals surface area (Å²) >= 11 is 0. The Morgan fingerprint density at radius 3 is 3.00 bits per heavy atom. The average Bonchev–Trinajstić information content (AvgIpc) is 3.10. The lowest BCUT2D eigenvalue weighted by atomic mass is 10.3. The zero-order valence-electron chi connectivity index (χ0n) is 9.97. The SMILES string of the molecule is CN(C)C(=O)Nc1cccc(OCC2CO2)c1. The van der Waals surface area contributed by atoms with Crippen LogP contribution in [0, 0.1) is 0 Å². The number of anilines is 1. The van der Waals surface area contributed by atoms with Gasteiger partial charge in [0.1, 0.15) is 18.5 Å². The molecular weight excluding hydrogens is 220 g/mol. The Labute approximate surface area is 100 Å². The Morgan fingerprint density at radius 1 is 1.59 bits per heavy atom. The van der Waals surface area contributed by atoms with Crippen LogP contribution < -0.4 is 10.1 Å². The monoisotopic (exact) mass is 236 g/mol. The van der Waals surface area contributed by atoms with E-state index < -0.39 is 0 Å². The van der Waals surface area contributed by atoms with E-state index in [2.05, 4.69) is 5.32 Å². The zero-order chi connectivity index (χ0) is 12.3. The summed E-state index contributed by atoms with van der Waals surface area (Å²) in [6, 6.07) is 7.15. The summed E-state index contributed by atoms with van der Waals surface area (Å²) in [5.41, 5.74) is 0.720. The highest BCUT2D eigenvalue weighted by Crippen LogP contribution is 2.19. The van der Waals surface area contributed by atoms with Gasteiger partial charge in [-0.2, -0.15) is 0 Å². The second kappa shape index (κ2) is 5.05. The molecule has 0 aromatic heterocycles. The Balaban J connectivity index is 1.92. The molecule has 1 aliphatic heterocycles. The van der Waals surface area contributed by atoms with Gasteiger partial charge in [-0.05, 0) is 12.1 Å². The third kappa shape index (κ3) is 3.64. The maximum Gasteiger partial charge on any atom is 0.321 e. The Hall–Kier alpha value is -1.75. The van der Waals surface area contributed by atoms with Crippen molar-refractivity contribution in [2.75, 3.05) is 32.6 Å². The van der Waals surface area contributed by atoms with Gasteiger partial charge in [-0.3, -0.25) is 0 Å². The van der Waals surface area contributed by atoms with Gasteiger partial charge in [0.05, 0.1) is 6.61 Å². The molecule has 5 nitrogen and oxygen atoms in total. The first-order valence-electron chi connectivity index (χ1n) is 5.48. The van der Waals surface area contributed by atoms with Gasteiger partial charge in [0.25, 0.3) is 0 Å². The van der Waals surface area contributed by atoms with Crippen molar-refractivity contribution in [3.8, 4) is 5.75 Å². The number of amides is 2. The molecule has 0 aliphatic carbocycles. The maximum atomic E-state index is 11.5. The molecule has 1 heterocycles. The topological polar surface area (TPSA) is 54.1 Å². The van der Waals surface area contributed by atoms with Crippen LogP contribution in [0.4, 0.5) is 10.5 Å². The minimum atomic E-state index is -0.160. The molecule has 92 valence electrons. The second-order valence-corrected chi connectivity index (χ2v) is 4.12. The van der Waals surface area contributed by atoms with Gasteiger partial charge >= 0.3 is 6.03 Å².